The van der Waals surface area contributed by atoms with Crippen molar-refractivity contribution in [2.45, 2.75) is 0 Å². The van der Waals surface area contributed by atoms with Gasteiger partial charge in [0.2, 0.25) is 11.8 Å². The van der Waals surface area contributed by atoms with E-state index in [1.165, 1.54) is 0 Å². The van der Waals surface area contributed by atoms with Crippen molar-refractivity contribution < 1.29 is 18.3 Å². The average molecular weight is 195 g/mol. The lowest BCUT2D eigenvalue weighted by Gasteiger charge is -1.96. The standard InChI is InChI=1S/C5HClF2N2O2/c6-4(11)12-3-1-2(7)9-5(8)10-3/h1H. The molecule has 1 heterocycles. The Morgan fingerprint density at radius 3 is 2.67 bits per heavy atom. The molecule has 0 aliphatic carbocycles. The fraction of sp³-hybridized carbons (Fsp3) is 0. The summed E-state index contributed by atoms with van der Waals surface area (Å²) in [6.45, 7) is 0. The van der Waals surface area contributed by atoms with Gasteiger partial charge in [-0.3, -0.25) is 0 Å². The Balaban J connectivity index is 2.93. The summed E-state index contributed by atoms with van der Waals surface area (Å²) in [7, 11) is 0. The van der Waals surface area contributed by atoms with Crippen molar-refractivity contribution in [2.24, 2.45) is 0 Å². The number of hydrogen-bond acceptors (Lipinski definition) is 4. The van der Waals surface area contributed by atoms with E-state index in [4.69, 9.17) is 11.6 Å². The summed E-state index contributed by atoms with van der Waals surface area (Å²) >= 11 is 4.75. The topological polar surface area (TPSA) is 52.1 Å². The van der Waals surface area contributed by atoms with Gasteiger partial charge in [0.1, 0.15) is 0 Å². The van der Waals surface area contributed by atoms with Crippen molar-refractivity contribution in [3.05, 3.63) is 18.1 Å². The van der Waals surface area contributed by atoms with Gasteiger partial charge in [-0.1, -0.05) is 0 Å². The molecule has 0 fully saturated rings. The molecule has 0 unspecified atom stereocenters. The van der Waals surface area contributed by atoms with Crippen molar-refractivity contribution in [3.8, 4) is 5.88 Å². The molecule has 0 spiro atoms. The molecule has 0 amide bonds. The molecule has 4 nitrogen and oxygen atoms in total. The summed E-state index contributed by atoms with van der Waals surface area (Å²) in [4.78, 5) is 15.7. The first kappa shape index (κ1) is 8.79. The molecule has 0 aliphatic heterocycles. The number of carbonyl (C=O) groups excluding carboxylic acids is 1. The molecule has 1 aromatic heterocycles. The maximum atomic E-state index is 12.3. The molecule has 0 atom stereocenters. The molecule has 0 saturated heterocycles. The minimum atomic E-state index is -1.33. The van der Waals surface area contributed by atoms with Crippen molar-refractivity contribution in [1.82, 2.24) is 9.97 Å². The van der Waals surface area contributed by atoms with Gasteiger partial charge >= 0.3 is 11.5 Å². The molecule has 1 rings (SSSR count). The first-order valence-electron chi connectivity index (χ1n) is 2.65. The highest BCUT2D eigenvalue weighted by Gasteiger charge is 2.06. The summed E-state index contributed by atoms with van der Waals surface area (Å²) in [6, 6.07) is 0.628. The number of carbonyl (C=O) groups is 1. The Labute approximate surface area is 70.1 Å². The van der Waals surface area contributed by atoms with E-state index in [2.05, 4.69) is 14.7 Å². The summed E-state index contributed by atoms with van der Waals surface area (Å²) < 4.78 is 28.5. The highest BCUT2D eigenvalue weighted by Crippen LogP contribution is 2.08. The maximum absolute atomic E-state index is 12.3. The lowest BCUT2D eigenvalue weighted by molar-refractivity contribution is 0.223. The van der Waals surface area contributed by atoms with Crippen molar-refractivity contribution in [1.29, 1.82) is 0 Å². The van der Waals surface area contributed by atoms with Gasteiger partial charge in [-0.25, -0.2) is 4.79 Å². The zero-order valence-electron chi connectivity index (χ0n) is 5.42. The molecule has 64 valence electrons. The number of halogens is 3. The van der Waals surface area contributed by atoms with Crippen LogP contribution >= 0.6 is 11.6 Å². The highest BCUT2D eigenvalue weighted by molar-refractivity contribution is 6.61. The third-order valence-corrected chi connectivity index (χ3v) is 0.906. The third kappa shape index (κ3) is 2.39. The lowest BCUT2D eigenvalue weighted by Crippen LogP contribution is -2.02. The van der Waals surface area contributed by atoms with E-state index in [1.807, 2.05) is 0 Å². The van der Waals surface area contributed by atoms with Crippen LogP contribution in [-0.4, -0.2) is 15.4 Å². The second kappa shape index (κ2) is 3.40. The third-order valence-electron chi connectivity index (χ3n) is 0.829. The van der Waals surface area contributed by atoms with Gasteiger partial charge in [-0.05, 0) is 0 Å². The molecule has 7 heteroatoms. The SMILES string of the molecule is O=C(Cl)Oc1cc(F)nc(F)n1. The molecule has 0 bridgehead atoms. The van der Waals surface area contributed by atoms with Gasteiger partial charge in [0.05, 0.1) is 6.07 Å². The van der Waals surface area contributed by atoms with Crippen LogP contribution in [-0.2, 0) is 0 Å². The normalized spacial score (nSPS) is 9.58. The van der Waals surface area contributed by atoms with Crippen LogP contribution in [0.25, 0.3) is 0 Å². The number of nitrogens with zero attached hydrogens (tertiary/aromatic N) is 2. The van der Waals surface area contributed by atoms with Crippen LogP contribution in [0.2, 0.25) is 0 Å². The number of ether oxygens (including phenoxy) is 1. The predicted molar refractivity (Wildman–Crippen MR) is 33.8 cm³/mol. The summed E-state index contributed by atoms with van der Waals surface area (Å²) in [5.74, 6) is -1.71. The van der Waals surface area contributed by atoms with E-state index < -0.39 is 23.3 Å². The van der Waals surface area contributed by atoms with Crippen LogP contribution in [0, 0.1) is 12.0 Å². The molecule has 0 aromatic carbocycles. The minimum Gasteiger partial charge on any atom is -0.395 e. The molecule has 1 aromatic rings. The van der Waals surface area contributed by atoms with Crippen LogP contribution in [0.1, 0.15) is 0 Å². The quantitative estimate of drug-likeness (QED) is 0.386. The fourth-order valence-corrected chi connectivity index (χ4v) is 0.584. The summed E-state index contributed by atoms with van der Waals surface area (Å²) in [6.07, 6.45) is -1.33. The lowest BCUT2D eigenvalue weighted by atomic mass is 10.6. The fourth-order valence-electron chi connectivity index (χ4n) is 0.505. The Kier molecular flexibility index (Phi) is 2.49. The Hall–Kier alpha value is -1.30. The second-order valence-corrected chi connectivity index (χ2v) is 1.95. The van der Waals surface area contributed by atoms with Crippen LogP contribution in [0.15, 0.2) is 6.07 Å². The predicted octanol–water partition coefficient (Wildman–Crippen LogP) is 1.49. The second-order valence-electron chi connectivity index (χ2n) is 1.64. The summed E-state index contributed by atoms with van der Waals surface area (Å²) in [5.41, 5.74) is -1.23. The molecular weight excluding hydrogens is 194 g/mol. The molecule has 12 heavy (non-hydrogen) atoms. The van der Waals surface area contributed by atoms with Crippen molar-refractivity contribution in [2.75, 3.05) is 0 Å². The zero-order chi connectivity index (χ0) is 9.14. The Morgan fingerprint density at radius 2 is 2.17 bits per heavy atom. The van der Waals surface area contributed by atoms with Gasteiger partial charge in [-0.15, -0.1) is 0 Å². The van der Waals surface area contributed by atoms with Gasteiger partial charge in [0, 0.05) is 11.6 Å². The maximum Gasteiger partial charge on any atom is 0.410 e. The van der Waals surface area contributed by atoms with E-state index in [1.54, 1.807) is 0 Å². The van der Waals surface area contributed by atoms with Crippen molar-refractivity contribution >= 4 is 17.0 Å². The minimum absolute atomic E-state index is 0.569. The van der Waals surface area contributed by atoms with E-state index in [9.17, 15) is 13.6 Å². The first-order valence-corrected chi connectivity index (χ1v) is 3.03. The van der Waals surface area contributed by atoms with E-state index in [-0.39, 0.29) is 0 Å². The van der Waals surface area contributed by atoms with E-state index in [0.29, 0.717) is 6.07 Å². The highest BCUT2D eigenvalue weighted by atomic mass is 35.5. The summed E-state index contributed by atoms with van der Waals surface area (Å²) in [5, 5.41) is 0. The van der Waals surface area contributed by atoms with Gasteiger partial charge in [-0.2, -0.15) is 18.7 Å². The number of rotatable bonds is 1. The average Bonchev–Trinajstić information content (AvgIpc) is 1.81. The monoisotopic (exact) mass is 194 g/mol. The van der Waals surface area contributed by atoms with E-state index >= 15 is 0 Å². The van der Waals surface area contributed by atoms with E-state index in [0.717, 1.165) is 0 Å². The van der Waals surface area contributed by atoms with Crippen LogP contribution in [0.3, 0.4) is 0 Å². The first-order chi connectivity index (χ1) is 5.58. The van der Waals surface area contributed by atoms with Gasteiger partial charge in [0.15, 0.2) is 0 Å². The number of hydrogen-bond donors (Lipinski definition) is 0. The molecule has 0 saturated carbocycles. The Bertz CT molecular complexity index is 300. The van der Waals surface area contributed by atoms with Crippen LogP contribution in [0.5, 0.6) is 5.88 Å². The van der Waals surface area contributed by atoms with Gasteiger partial charge < -0.3 is 4.74 Å². The molecule has 0 aliphatic rings. The van der Waals surface area contributed by atoms with Crippen molar-refractivity contribution in [3.63, 3.8) is 0 Å². The largest absolute Gasteiger partial charge is 0.410 e. The van der Waals surface area contributed by atoms with Gasteiger partial charge in [0.25, 0.3) is 0 Å². The zero-order valence-corrected chi connectivity index (χ0v) is 6.18. The molecular formula is C5HClF2N2O2. The Morgan fingerprint density at radius 1 is 1.50 bits per heavy atom. The number of aromatic nitrogens is 2. The molecule has 0 radical (unpaired) electrons. The molecule has 0 N–H and O–H groups in total. The smallest absolute Gasteiger partial charge is 0.395 e. The van der Waals surface area contributed by atoms with Crippen LogP contribution in [0.4, 0.5) is 13.6 Å². The van der Waals surface area contributed by atoms with Crippen LogP contribution < -0.4 is 4.74 Å².